The predicted molar refractivity (Wildman–Crippen MR) is 65.6 cm³/mol. The van der Waals surface area contributed by atoms with Crippen molar-refractivity contribution in [2.75, 3.05) is 0 Å². The van der Waals surface area contributed by atoms with Crippen LogP contribution in [0.15, 0.2) is 30.5 Å². The minimum Gasteiger partial charge on any atom is -0.480 e. The summed E-state index contributed by atoms with van der Waals surface area (Å²) in [5.41, 5.74) is 1.34. The lowest BCUT2D eigenvalue weighted by Gasteiger charge is -2.10. The van der Waals surface area contributed by atoms with Gasteiger partial charge in [0.05, 0.1) is 5.52 Å². The zero-order chi connectivity index (χ0) is 13.1. The van der Waals surface area contributed by atoms with Crippen LogP contribution in [-0.4, -0.2) is 22.1 Å². The van der Waals surface area contributed by atoms with Crippen LogP contribution in [0, 0.1) is 5.82 Å². The van der Waals surface area contributed by atoms with Crippen molar-refractivity contribution in [1.29, 1.82) is 0 Å². The minimum atomic E-state index is -0.941. The molecule has 0 aliphatic rings. The van der Waals surface area contributed by atoms with E-state index >= 15 is 0 Å². The minimum absolute atomic E-state index is 0.263. The highest BCUT2D eigenvalue weighted by Crippen LogP contribution is 2.18. The molecule has 1 aromatic carbocycles. The molecule has 2 rings (SSSR count). The molecular weight excluding hydrogens is 235 g/mol. The van der Waals surface area contributed by atoms with Gasteiger partial charge in [-0.25, -0.2) is 4.39 Å². The average Bonchev–Trinajstić information content (AvgIpc) is 2.35. The highest BCUT2D eigenvalue weighted by molar-refractivity contribution is 5.81. The molecule has 0 amide bonds. The Morgan fingerprint density at radius 3 is 3.06 bits per heavy atom. The molecule has 94 valence electrons. The zero-order valence-corrected chi connectivity index (χ0v) is 9.85. The SMILES string of the molecule is C[C@H](NCc1cc(F)cc2cccnc12)C(=O)O. The lowest BCUT2D eigenvalue weighted by Crippen LogP contribution is -2.33. The first-order chi connectivity index (χ1) is 8.58. The number of nitrogens with zero attached hydrogens (tertiary/aromatic N) is 1. The van der Waals surface area contributed by atoms with Gasteiger partial charge in [0.25, 0.3) is 0 Å². The fourth-order valence-corrected chi connectivity index (χ4v) is 1.71. The molecule has 0 aliphatic carbocycles. The summed E-state index contributed by atoms with van der Waals surface area (Å²) in [5, 5.41) is 12.3. The molecule has 2 N–H and O–H groups in total. The molecule has 4 nitrogen and oxygen atoms in total. The molecule has 1 aromatic heterocycles. The van der Waals surface area contributed by atoms with E-state index in [1.807, 2.05) is 0 Å². The predicted octanol–water partition coefficient (Wildman–Crippen LogP) is 1.94. The van der Waals surface area contributed by atoms with E-state index in [1.165, 1.54) is 19.1 Å². The molecule has 18 heavy (non-hydrogen) atoms. The maximum atomic E-state index is 13.4. The molecule has 5 heteroatoms. The second-order valence-corrected chi connectivity index (χ2v) is 4.08. The van der Waals surface area contributed by atoms with Crippen LogP contribution < -0.4 is 5.32 Å². The molecule has 0 spiro atoms. The first-order valence-electron chi connectivity index (χ1n) is 5.57. The van der Waals surface area contributed by atoms with Gasteiger partial charge >= 0.3 is 5.97 Å². The second-order valence-electron chi connectivity index (χ2n) is 4.08. The van der Waals surface area contributed by atoms with Crippen LogP contribution in [0.25, 0.3) is 10.9 Å². The van der Waals surface area contributed by atoms with Gasteiger partial charge in [-0.05, 0) is 30.7 Å². The summed E-state index contributed by atoms with van der Waals surface area (Å²) in [7, 11) is 0. The molecule has 2 aromatic rings. The standard InChI is InChI=1S/C13H13FN2O2/c1-8(13(17)18)16-7-10-6-11(14)5-9-3-2-4-15-12(9)10/h2-6,8,16H,7H2,1H3,(H,17,18)/t8-/m0/s1. The highest BCUT2D eigenvalue weighted by atomic mass is 19.1. The van der Waals surface area contributed by atoms with Crippen LogP contribution in [0.3, 0.4) is 0 Å². The van der Waals surface area contributed by atoms with Crippen molar-refractivity contribution < 1.29 is 14.3 Å². The molecule has 0 unspecified atom stereocenters. The molecule has 0 saturated heterocycles. The fourth-order valence-electron chi connectivity index (χ4n) is 1.71. The number of nitrogens with one attached hydrogen (secondary N) is 1. The largest absolute Gasteiger partial charge is 0.480 e. The van der Waals surface area contributed by atoms with Crippen LogP contribution >= 0.6 is 0 Å². The number of carbonyl (C=O) groups is 1. The van der Waals surface area contributed by atoms with Gasteiger partial charge in [-0.15, -0.1) is 0 Å². The zero-order valence-electron chi connectivity index (χ0n) is 9.85. The van der Waals surface area contributed by atoms with Gasteiger partial charge in [-0.3, -0.25) is 9.78 Å². The molecule has 0 radical (unpaired) electrons. The van der Waals surface area contributed by atoms with Gasteiger partial charge in [-0.1, -0.05) is 6.07 Å². The van der Waals surface area contributed by atoms with Crippen molar-refractivity contribution in [3.05, 3.63) is 41.8 Å². The van der Waals surface area contributed by atoms with Crippen molar-refractivity contribution in [3.8, 4) is 0 Å². The van der Waals surface area contributed by atoms with E-state index < -0.39 is 12.0 Å². The average molecular weight is 248 g/mol. The van der Waals surface area contributed by atoms with Crippen LogP contribution in [-0.2, 0) is 11.3 Å². The molecule has 1 heterocycles. The highest BCUT2D eigenvalue weighted by Gasteiger charge is 2.11. The Labute approximate surface area is 103 Å². The summed E-state index contributed by atoms with van der Waals surface area (Å²) in [4.78, 5) is 14.9. The number of aromatic nitrogens is 1. The second kappa shape index (κ2) is 5.10. The number of halogens is 1. The molecule has 0 bridgehead atoms. The lowest BCUT2D eigenvalue weighted by atomic mass is 10.1. The van der Waals surface area contributed by atoms with Crippen molar-refractivity contribution in [3.63, 3.8) is 0 Å². The number of pyridine rings is 1. The van der Waals surface area contributed by atoms with Crippen molar-refractivity contribution in [1.82, 2.24) is 10.3 Å². The van der Waals surface area contributed by atoms with E-state index in [4.69, 9.17) is 5.11 Å². The summed E-state index contributed by atoms with van der Waals surface area (Å²) in [5.74, 6) is -1.29. The van der Waals surface area contributed by atoms with Crippen LogP contribution in [0.2, 0.25) is 0 Å². The van der Waals surface area contributed by atoms with Crippen molar-refractivity contribution in [2.45, 2.75) is 19.5 Å². The summed E-state index contributed by atoms with van der Waals surface area (Å²) < 4.78 is 13.4. The van der Waals surface area contributed by atoms with E-state index in [9.17, 15) is 9.18 Å². The number of rotatable bonds is 4. The first-order valence-corrected chi connectivity index (χ1v) is 5.57. The maximum absolute atomic E-state index is 13.4. The van der Waals surface area contributed by atoms with Crippen LogP contribution in [0.5, 0.6) is 0 Å². The molecule has 0 aliphatic heterocycles. The van der Waals surface area contributed by atoms with Gasteiger partial charge in [-0.2, -0.15) is 0 Å². The van der Waals surface area contributed by atoms with Gasteiger partial charge in [0, 0.05) is 18.1 Å². The maximum Gasteiger partial charge on any atom is 0.320 e. The van der Waals surface area contributed by atoms with Gasteiger partial charge in [0.1, 0.15) is 11.9 Å². The topological polar surface area (TPSA) is 62.2 Å². The number of hydrogen-bond donors (Lipinski definition) is 2. The Hall–Kier alpha value is -2.01. The van der Waals surface area contributed by atoms with Crippen LogP contribution in [0.4, 0.5) is 4.39 Å². The monoisotopic (exact) mass is 248 g/mol. The Bertz CT molecular complexity index is 586. The summed E-state index contributed by atoms with van der Waals surface area (Å²) >= 11 is 0. The van der Waals surface area contributed by atoms with E-state index in [0.29, 0.717) is 16.5 Å². The van der Waals surface area contributed by atoms with Crippen molar-refractivity contribution in [2.24, 2.45) is 0 Å². The number of benzene rings is 1. The number of hydrogen-bond acceptors (Lipinski definition) is 3. The summed E-state index contributed by atoms with van der Waals surface area (Å²) in [6, 6.07) is 5.60. The molecular formula is C13H13FN2O2. The molecule has 0 saturated carbocycles. The quantitative estimate of drug-likeness (QED) is 0.868. The van der Waals surface area contributed by atoms with E-state index in [2.05, 4.69) is 10.3 Å². The van der Waals surface area contributed by atoms with Crippen LogP contribution in [0.1, 0.15) is 12.5 Å². The van der Waals surface area contributed by atoms with E-state index in [1.54, 1.807) is 18.3 Å². The fraction of sp³-hybridized carbons (Fsp3) is 0.231. The van der Waals surface area contributed by atoms with Gasteiger partial charge in [0.15, 0.2) is 0 Å². The third kappa shape index (κ3) is 2.62. The van der Waals surface area contributed by atoms with Crippen molar-refractivity contribution >= 4 is 16.9 Å². The summed E-state index contributed by atoms with van der Waals surface area (Å²) in [6.07, 6.45) is 1.63. The molecule has 0 fully saturated rings. The van der Waals surface area contributed by atoms with E-state index in [0.717, 1.165) is 0 Å². The van der Waals surface area contributed by atoms with E-state index in [-0.39, 0.29) is 12.4 Å². The number of carboxylic acids is 1. The Morgan fingerprint density at radius 1 is 1.56 bits per heavy atom. The van der Waals surface area contributed by atoms with Gasteiger partial charge < -0.3 is 10.4 Å². The normalized spacial score (nSPS) is 12.6. The number of fused-ring (bicyclic) bond motifs is 1. The Balaban J connectivity index is 2.29. The first kappa shape index (κ1) is 12.4. The Morgan fingerprint density at radius 2 is 2.33 bits per heavy atom. The number of carboxylic acid groups (broad SMARTS) is 1. The molecule has 1 atom stereocenters. The van der Waals surface area contributed by atoms with Gasteiger partial charge in [0.2, 0.25) is 0 Å². The summed E-state index contributed by atoms with van der Waals surface area (Å²) in [6.45, 7) is 1.80. The smallest absolute Gasteiger partial charge is 0.320 e. The number of aliphatic carboxylic acids is 1. The Kier molecular flexibility index (Phi) is 3.53. The lowest BCUT2D eigenvalue weighted by molar-refractivity contribution is -0.139. The third-order valence-corrected chi connectivity index (χ3v) is 2.72. The third-order valence-electron chi connectivity index (χ3n) is 2.72.